The van der Waals surface area contributed by atoms with Crippen LogP contribution in [0.2, 0.25) is 0 Å². The lowest BCUT2D eigenvalue weighted by atomic mass is 9.83. The number of hydrogen-bond acceptors (Lipinski definition) is 2. The standard InChI is InChI=1S/C15H20F3NO/c1-14(2,9-10-19)8-7-13(20)11-3-5-12(6-4-11)15(16,17)18/h3-6H,7-10,19H2,1-2H3. The van der Waals surface area contributed by atoms with Crippen LogP contribution < -0.4 is 5.73 Å². The Hall–Kier alpha value is -1.36. The summed E-state index contributed by atoms with van der Waals surface area (Å²) in [5.41, 5.74) is 5.05. The zero-order chi connectivity index (χ0) is 15.4. The monoisotopic (exact) mass is 287 g/mol. The number of ketones is 1. The summed E-state index contributed by atoms with van der Waals surface area (Å²) < 4.78 is 37.2. The number of halogens is 3. The lowest BCUT2D eigenvalue weighted by Gasteiger charge is -2.23. The van der Waals surface area contributed by atoms with E-state index in [1.54, 1.807) is 0 Å². The largest absolute Gasteiger partial charge is 0.416 e. The molecule has 0 heterocycles. The highest BCUT2D eigenvalue weighted by molar-refractivity contribution is 5.96. The van der Waals surface area contributed by atoms with Crippen molar-refractivity contribution in [2.75, 3.05) is 6.54 Å². The molecule has 20 heavy (non-hydrogen) atoms. The average molecular weight is 287 g/mol. The van der Waals surface area contributed by atoms with Crippen molar-refractivity contribution in [3.8, 4) is 0 Å². The normalized spacial score (nSPS) is 12.5. The third kappa shape index (κ3) is 4.96. The van der Waals surface area contributed by atoms with Gasteiger partial charge in [0.2, 0.25) is 0 Å². The quantitative estimate of drug-likeness (QED) is 0.802. The summed E-state index contributed by atoms with van der Waals surface area (Å²) in [4.78, 5) is 11.9. The molecule has 112 valence electrons. The number of nitrogens with two attached hydrogens (primary N) is 1. The summed E-state index contributed by atoms with van der Waals surface area (Å²) in [6.07, 6.45) is -2.57. The molecule has 0 bridgehead atoms. The zero-order valence-corrected chi connectivity index (χ0v) is 11.8. The molecule has 1 rings (SSSR count). The first-order valence-electron chi connectivity index (χ1n) is 6.56. The van der Waals surface area contributed by atoms with Crippen molar-refractivity contribution in [3.63, 3.8) is 0 Å². The Morgan fingerprint density at radius 2 is 1.65 bits per heavy atom. The summed E-state index contributed by atoms with van der Waals surface area (Å²) in [5.74, 6) is -0.135. The molecule has 0 aliphatic rings. The van der Waals surface area contributed by atoms with E-state index in [0.717, 1.165) is 18.6 Å². The van der Waals surface area contributed by atoms with E-state index >= 15 is 0 Å². The first-order valence-corrected chi connectivity index (χ1v) is 6.56. The van der Waals surface area contributed by atoms with E-state index in [1.165, 1.54) is 12.1 Å². The molecule has 0 aliphatic heterocycles. The van der Waals surface area contributed by atoms with Gasteiger partial charge in [-0.05, 0) is 36.9 Å². The Morgan fingerprint density at radius 3 is 2.10 bits per heavy atom. The summed E-state index contributed by atoms with van der Waals surface area (Å²) in [5, 5.41) is 0. The van der Waals surface area contributed by atoms with Gasteiger partial charge in [-0.1, -0.05) is 26.0 Å². The van der Waals surface area contributed by atoms with Crippen LogP contribution in [0.15, 0.2) is 24.3 Å². The molecule has 0 atom stereocenters. The summed E-state index contributed by atoms with van der Waals surface area (Å²) in [6, 6.07) is 4.36. The maximum atomic E-state index is 12.4. The van der Waals surface area contributed by atoms with Gasteiger partial charge in [-0.3, -0.25) is 4.79 Å². The Kier molecular flexibility index (Phi) is 5.34. The van der Waals surface area contributed by atoms with Gasteiger partial charge >= 0.3 is 6.18 Å². The molecule has 0 amide bonds. The number of alkyl halides is 3. The van der Waals surface area contributed by atoms with Crippen LogP contribution in [0.5, 0.6) is 0 Å². The van der Waals surface area contributed by atoms with E-state index in [-0.39, 0.29) is 11.2 Å². The second kappa shape index (κ2) is 6.39. The van der Waals surface area contributed by atoms with Crippen LogP contribution in [0.4, 0.5) is 13.2 Å². The molecule has 1 aromatic rings. The third-order valence-corrected chi connectivity index (χ3v) is 3.38. The minimum atomic E-state index is -4.37. The lowest BCUT2D eigenvalue weighted by molar-refractivity contribution is -0.137. The Bertz CT molecular complexity index is 449. The summed E-state index contributed by atoms with van der Waals surface area (Å²) >= 11 is 0. The van der Waals surface area contributed by atoms with E-state index in [9.17, 15) is 18.0 Å². The van der Waals surface area contributed by atoms with E-state index in [0.29, 0.717) is 24.9 Å². The van der Waals surface area contributed by atoms with Gasteiger partial charge in [0.1, 0.15) is 0 Å². The average Bonchev–Trinajstić information content (AvgIpc) is 2.35. The van der Waals surface area contributed by atoms with E-state index < -0.39 is 11.7 Å². The number of benzene rings is 1. The van der Waals surface area contributed by atoms with Gasteiger partial charge in [-0.2, -0.15) is 13.2 Å². The first kappa shape index (κ1) is 16.7. The fourth-order valence-corrected chi connectivity index (χ4v) is 1.96. The van der Waals surface area contributed by atoms with Crippen LogP contribution >= 0.6 is 0 Å². The van der Waals surface area contributed by atoms with Gasteiger partial charge in [0.15, 0.2) is 5.78 Å². The van der Waals surface area contributed by atoms with E-state index in [4.69, 9.17) is 5.73 Å². The fraction of sp³-hybridized carbons (Fsp3) is 0.533. The van der Waals surface area contributed by atoms with E-state index in [2.05, 4.69) is 0 Å². The van der Waals surface area contributed by atoms with E-state index in [1.807, 2.05) is 13.8 Å². The van der Waals surface area contributed by atoms with Gasteiger partial charge in [0, 0.05) is 12.0 Å². The predicted octanol–water partition coefficient (Wildman–Crippen LogP) is 4.04. The van der Waals surface area contributed by atoms with Gasteiger partial charge in [-0.15, -0.1) is 0 Å². The van der Waals surface area contributed by atoms with Crippen LogP contribution in [-0.2, 0) is 6.18 Å². The van der Waals surface area contributed by atoms with Crippen molar-refractivity contribution in [3.05, 3.63) is 35.4 Å². The second-order valence-corrected chi connectivity index (χ2v) is 5.70. The Morgan fingerprint density at radius 1 is 1.10 bits per heavy atom. The van der Waals surface area contributed by atoms with Gasteiger partial charge in [0.05, 0.1) is 5.56 Å². The predicted molar refractivity (Wildman–Crippen MR) is 72.5 cm³/mol. The first-order chi connectivity index (χ1) is 9.15. The highest BCUT2D eigenvalue weighted by Crippen LogP contribution is 2.30. The van der Waals surface area contributed by atoms with Crippen LogP contribution in [0.3, 0.4) is 0 Å². The fourth-order valence-electron chi connectivity index (χ4n) is 1.96. The van der Waals surface area contributed by atoms with Crippen molar-refractivity contribution < 1.29 is 18.0 Å². The number of rotatable bonds is 6. The molecule has 0 unspecified atom stereocenters. The number of hydrogen-bond donors (Lipinski definition) is 1. The minimum absolute atomic E-state index is 0.0314. The molecule has 1 aromatic carbocycles. The third-order valence-electron chi connectivity index (χ3n) is 3.38. The zero-order valence-electron chi connectivity index (χ0n) is 11.8. The van der Waals surface area contributed by atoms with Gasteiger partial charge < -0.3 is 5.73 Å². The van der Waals surface area contributed by atoms with Crippen LogP contribution in [-0.4, -0.2) is 12.3 Å². The SMILES string of the molecule is CC(C)(CCN)CCC(=O)c1ccc(C(F)(F)F)cc1. The van der Waals surface area contributed by atoms with Crippen molar-refractivity contribution in [2.45, 2.75) is 39.3 Å². The van der Waals surface area contributed by atoms with Crippen LogP contribution in [0.25, 0.3) is 0 Å². The number of carbonyl (C=O) groups excluding carboxylic acids is 1. The molecule has 0 spiro atoms. The molecule has 0 fully saturated rings. The molecule has 0 saturated carbocycles. The molecule has 0 saturated heterocycles. The molecule has 0 radical (unpaired) electrons. The van der Waals surface area contributed by atoms with Crippen LogP contribution in [0.1, 0.15) is 49.0 Å². The molecule has 0 aliphatic carbocycles. The van der Waals surface area contributed by atoms with Crippen molar-refractivity contribution in [2.24, 2.45) is 11.1 Å². The smallest absolute Gasteiger partial charge is 0.330 e. The molecule has 5 heteroatoms. The number of carbonyl (C=O) groups is 1. The number of Topliss-reactive ketones (excluding diaryl/α,β-unsaturated/α-hetero) is 1. The van der Waals surface area contributed by atoms with Crippen molar-refractivity contribution in [1.82, 2.24) is 0 Å². The summed E-state index contributed by atoms with van der Waals surface area (Å²) in [6.45, 7) is 4.61. The molecular weight excluding hydrogens is 267 g/mol. The Labute approximate surface area is 117 Å². The molecular formula is C15H20F3NO. The highest BCUT2D eigenvalue weighted by atomic mass is 19.4. The van der Waals surface area contributed by atoms with Gasteiger partial charge in [0.25, 0.3) is 0 Å². The topological polar surface area (TPSA) is 43.1 Å². The molecule has 2 nitrogen and oxygen atoms in total. The molecule has 2 N–H and O–H groups in total. The van der Waals surface area contributed by atoms with Gasteiger partial charge in [-0.25, -0.2) is 0 Å². The summed E-state index contributed by atoms with van der Waals surface area (Å²) in [7, 11) is 0. The van der Waals surface area contributed by atoms with Crippen LogP contribution in [0, 0.1) is 5.41 Å². The minimum Gasteiger partial charge on any atom is -0.330 e. The lowest BCUT2D eigenvalue weighted by Crippen LogP contribution is -2.18. The van der Waals surface area contributed by atoms with Crippen molar-refractivity contribution in [1.29, 1.82) is 0 Å². The second-order valence-electron chi connectivity index (χ2n) is 5.70. The van der Waals surface area contributed by atoms with Crippen molar-refractivity contribution >= 4 is 5.78 Å². The maximum absolute atomic E-state index is 12.4. The highest BCUT2D eigenvalue weighted by Gasteiger charge is 2.30. The molecule has 0 aromatic heterocycles. The Balaban J connectivity index is 2.65. The maximum Gasteiger partial charge on any atom is 0.416 e.